The van der Waals surface area contributed by atoms with Gasteiger partial charge in [-0.05, 0) is 55.4 Å². The zero-order valence-electron chi connectivity index (χ0n) is 10.3. The first kappa shape index (κ1) is 13.2. The lowest BCUT2D eigenvalue weighted by Crippen LogP contribution is -2.32. The molecule has 1 saturated carbocycles. The number of rotatable bonds is 2. The van der Waals surface area contributed by atoms with Gasteiger partial charge in [0.25, 0.3) is 0 Å². The van der Waals surface area contributed by atoms with Crippen LogP contribution in [0.4, 0.5) is 5.69 Å². The second kappa shape index (κ2) is 5.19. The van der Waals surface area contributed by atoms with Crippen molar-refractivity contribution in [1.82, 2.24) is 5.32 Å². The number of fused-ring (bicyclic) bond motifs is 1. The van der Waals surface area contributed by atoms with Gasteiger partial charge in [-0.15, -0.1) is 12.4 Å². The summed E-state index contributed by atoms with van der Waals surface area (Å²) in [5.41, 5.74) is 9.18. The van der Waals surface area contributed by atoms with Gasteiger partial charge in [-0.25, -0.2) is 0 Å². The van der Waals surface area contributed by atoms with Gasteiger partial charge in [-0.1, -0.05) is 6.07 Å². The van der Waals surface area contributed by atoms with Gasteiger partial charge >= 0.3 is 0 Å². The molecular weight excluding hydrogens is 248 g/mol. The summed E-state index contributed by atoms with van der Waals surface area (Å²) in [6.07, 6.45) is 5.39. The highest BCUT2D eigenvalue weighted by Crippen LogP contribution is 2.34. The average molecular weight is 267 g/mol. The van der Waals surface area contributed by atoms with Gasteiger partial charge in [-0.2, -0.15) is 0 Å². The van der Waals surface area contributed by atoms with Crippen LogP contribution < -0.4 is 11.1 Å². The molecule has 0 radical (unpaired) electrons. The molecule has 4 heteroatoms. The Labute approximate surface area is 114 Å². The van der Waals surface area contributed by atoms with Crippen LogP contribution in [0, 0.1) is 5.92 Å². The molecule has 3 N–H and O–H groups in total. The fraction of sp³-hybridized carbons (Fsp3) is 0.500. The third-order valence-corrected chi connectivity index (χ3v) is 3.75. The van der Waals surface area contributed by atoms with Gasteiger partial charge in [0.1, 0.15) is 0 Å². The van der Waals surface area contributed by atoms with Crippen molar-refractivity contribution in [3.05, 3.63) is 29.3 Å². The van der Waals surface area contributed by atoms with E-state index in [1.165, 1.54) is 11.1 Å². The molecule has 3 nitrogen and oxygen atoms in total. The van der Waals surface area contributed by atoms with Gasteiger partial charge in [0.2, 0.25) is 5.91 Å². The van der Waals surface area contributed by atoms with E-state index in [4.69, 9.17) is 5.73 Å². The Bertz CT molecular complexity index is 457. The normalized spacial score (nSPS) is 21.7. The van der Waals surface area contributed by atoms with E-state index in [0.29, 0.717) is 0 Å². The molecule has 2 aliphatic rings. The highest BCUT2D eigenvalue weighted by Gasteiger charge is 2.32. The van der Waals surface area contributed by atoms with Crippen molar-refractivity contribution < 1.29 is 4.79 Å². The molecule has 0 bridgehead atoms. The first-order valence-electron chi connectivity index (χ1n) is 6.43. The molecule has 1 atom stereocenters. The molecule has 0 aromatic heterocycles. The molecule has 3 rings (SSSR count). The third kappa shape index (κ3) is 2.61. The Hall–Kier alpha value is -1.22. The van der Waals surface area contributed by atoms with Crippen molar-refractivity contribution >= 4 is 24.0 Å². The number of amides is 1. The fourth-order valence-corrected chi connectivity index (χ4v) is 2.62. The Balaban J connectivity index is 0.00000120. The molecule has 0 aliphatic heterocycles. The molecule has 98 valence electrons. The van der Waals surface area contributed by atoms with Crippen LogP contribution in [0.2, 0.25) is 0 Å². The zero-order chi connectivity index (χ0) is 11.8. The lowest BCUT2D eigenvalue weighted by molar-refractivity contribution is -0.123. The number of hydrogen-bond donors (Lipinski definition) is 2. The summed E-state index contributed by atoms with van der Waals surface area (Å²) in [5.74, 6) is 0.522. The van der Waals surface area contributed by atoms with Crippen LogP contribution in [0.5, 0.6) is 0 Å². The van der Waals surface area contributed by atoms with E-state index in [-0.39, 0.29) is 30.3 Å². The minimum Gasteiger partial charge on any atom is -0.399 e. The van der Waals surface area contributed by atoms with Crippen molar-refractivity contribution in [2.45, 2.75) is 38.1 Å². The first-order chi connectivity index (χ1) is 8.24. The lowest BCUT2D eigenvalue weighted by atomic mass is 9.87. The summed E-state index contributed by atoms with van der Waals surface area (Å²) in [6.45, 7) is 0. The number of hydrogen-bond acceptors (Lipinski definition) is 2. The molecular formula is C14H19ClN2O. The van der Waals surface area contributed by atoms with Gasteiger partial charge in [0, 0.05) is 11.6 Å². The Morgan fingerprint density at radius 3 is 2.78 bits per heavy atom. The molecule has 0 spiro atoms. The van der Waals surface area contributed by atoms with Gasteiger partial charge in [0.05, 0.1) is 6.04 Å². The molecule has 0 saturated heterocycles. The van der Waals surface area contributed by atoms with Crippen molar-refractivity contribution in [3.63, 3.8) is 0 Å². The summed E-state index contributed by atoms with van der Waals surface area (Å²) in [5, 5.41) is 3.18. The quantitative estimate of drug-likeness (QED) is 0.809. The number of halogens is 1. The minimum absolute atomic E-state index is 0. The van der Waals surface area contributed by atoms with E-state index in [1.807, 2.05) is 12.1 Å². The van der Waals surface area contributed by atoms with Gasteiger partial charge in [0.15, 0.2) is 0 Å². The van der Waals surface area contributed by atoms with Crippen LogP contribution in [0.25, 0.3) is 0 Å². The van der Waals surface area contributed by atoms with E-state index in [0.717, 1.165) is 37.8 Å². The molecule has 1 fully saturated rings. The highest BCUT2D eigenvalue weighted by atomic mass is 35.5. The number of nitrogen functional groups attached to an aromatic ring is 1. The van der Waals surface area contributed by atoms with Crippen LogP contribution in [0.3, 0.4) is 0 Å². The predicted octanol–water partition coefficient (Wildman–Crippen LogP) is 2.59. The second-order valence-electron chi connectivity index (χ2n) is 5.19. The Morgan fingerprint density at radius 2 is 2.06 bits per heavy atom. The SMILES string of the molecule is Cl.Nc1ccc2c(c1)CCCC2NC(=O)C1CC1. The van der Waals surface area contributed by atoms with Crippen molar-refractivity contribution in [3.8, 4) is 0 Å². The fourth-order valence-electron chi connectivity index (χ4n) is 2.62. The smallest absolute Gasteiger partial charge is 0.223 e. The second-order valence-corrected chi connectivity index (χ2v) is 5.19. The van der Waals surface area contributed by atoms with Crippen molar-refractivity contribution in [2.24, 2.45) is 5.92 Å². The number of anilines is 1. The average Bonchev–Trinajstić information content (AvgIpc) is 3.12. The monoisotopic (exact) mass is 266 g/mol. The van der Waals surface area contributed by atoms with Crippen molar-refractivity contribution in [1.29, 1.82) is 0 Å². The van der Waals surface area contributed by atoms with Crippen molar-refractivity contribution in [2.75, 3.05) is 5.73 Å². The number of benzene rings is 1. The van der Waals surface area contributed by atoms with Gasteiger partial charge < -0.3 is 11.1 Å². The third-order valence-electron chi connectivity index (χ3n) is 3.75. The number of carbonyl (C=O) groups excluding carboxylic acids is 1. The standard InChI is InChI=1S/C14H18N2O.ClH/c15-11-6-7-12-10(8-11)2-1-3-13(12)16-14(17)9-4-5-9;/h6-9,13H,1-5,15H2,(H,16,17);1H. The number of nitrogens with one attached hydrogen (secondary N) is 1. The predicted molar refractivity (Wildman–Crippen MR) is 74.6 cm³/mol. The maximum atomic E-state index is 11.8. The van der Waals surface area contributed by atoms with E-state index in [1.54, 1.807) is 0 Å². The van der Waals surface area contributed by atoms with Crippen LogP contribution in [-0.2, 0) is 11.2 Å². The first-order valence-corrected chi connectivity index (χ1v) is 6.43. The summed E-state index contributed by atoms with van der Waals surface area (Å²) < 4.78 is 0. The largest absolute Gasteiger partial charge is 0.399 e. The molecule has 18 heavy (non-hydrogen) atoms. The van der Waals surface area contributed by atoms with E-state index >= 15 is 0 Å². The van der Waals surface area contributed by atoms with Gasteiger partial charge in [-0.3, -0.25) is 4.79 Å². The maximum Gasteiger partial charge on any atom is 0.223 e. The molecule has 1 amide bonds. The molecule has 2 aliphatic carbocycles. The lowest BCUT2D eigenvalue weighted by Gasteiger charge is -2.26. The summed E-state index contributed by atoms with van der Waals surface area (Å²) in [6, 6.07) is 6.25. The van der Waals surface area contributed by atoms with Crippen LogP contribution in [-0.4, -0.2) is 5.91 Å². The summed E-state index contributed by atoms with van der Waals surface area (Å²) in [4.78, 5) is 11.8. The van der Waals surface area contributed by atoms with E-state index in [2.05, 4.69) is 11.4 Å². The molecule has 1 aromatic rings. The Morgan fingerprint density at radius 1 is 1.28 bits per heavy atom. The summed E-state index contributed by atoms with van der Waals surface area (Å²) >= 11 is 0. The Kier molecular flexibility index (Phi) is 3.81. The molecule has 1 aromatic carbocycles. The summed E-state index contributed by atoms with van der Waals surface area (Å²) in [7, 11) is 0. The highest BCUT2D eigenvalue weighted by molar-refractivity contribution is 5.85. The zero-order valence-corrected chi connectivity index (χ0v) is 11.1. The minimum atomic E-state index is 0. The van der Waals surface area contributed by atoms with Crippen LogP contribution in [0.1, 0.15) is 42.9 Å². The van der Waals surface area contributed by atoms with E-state index < -0.39 is 0 Å². The van der Waals surface area contributed by atoms with Crippen LogP contribution in [0.15, 0.2) is 18.2 Å². The van der Waals surface area contributed by atoms with E-state index in [9.17, 15) is 4.79 Å². The van der Waals surface area contributed by atoms with Crippen LogP contribution >= 0.6 is 12.4 Å². The number of nitrogens with two attached hydrogens (primary N) is 1. The number of carbonyl (C=O) groups is 1. The molecule has 0 heterocycles. The molecule has 1 unspecified atom stereocenters. The topological polar surface area (TPSA) is 55.1 Å². The number of aryl methyl sites for hydroxylation is 1. The maximum absolute atomic E-state index is 11.8.